The molecule has 0 bridgehead atoms. The molecule has 0 amide bonds. The predicted molar refractivity (Wildman–Crippen MR) is 183 cm³/mol. The van der Waals surface area contributed by atoms with Crippen LogP contribution >= 0.6 is 0 Å². The van der Waals surface area contributed by atoms with E-state index in [0.29, 0.717) is 52.7 Å². The molecule has 0 aliphatic carbocycles. The molecule has 0 spiro atoms. The average molecular weight is 772 g/mol. The van der Waals surface area contributed by atoms with Crippen LogP contribution in [0.4, 0.5) is 32.3 Å². The van der Waals surface area contributed by atoms with Crippen molar-refractivity contribution in [3.05, 3.63) is 88.7 Å². The summed E-state index contributed by atoms with van der Waals surface area (Å²) < 4.78 is 106. The molecule has 54 heavy (non-hydrogen) atoms. The number of methoxy groups -OCH3 is 1. The summed E-state index contributed by atoms with van der Waals surface area (Å²) in [5.74, 6) is 0.311. The number of aromatic nitrogens is 2. The van der Waals surface area contributed by atoms with Gasteiger partial charge in [0.2, 0.25) is 5.95 Å². The van der Waals surface area contributed by atoms with E-state index < -0.39 is 36.0 Å². The standard InChI is InChI=1S/C38H41F6N3O6.Na/c1-6-51-33-16-26(30(18-34(33)52-7-2)31-15-25(23(3)4)10-11-32(31)50-5)22-47(36-45-19-29(20-46-36)53-12-8-9-35(48)49)21-24-13-27(37(39,40)41)17-28(14-24)38(42,43)44;/h10-11,13-20,23H,6-9,12,21-22H2,1-5H3,(H,48,49);/q;+1/p-1. The van der Waals surface area contributed by atoms with Gasteiger partial charge in [0.1, 0.15) is 5.75 Å². The number of benzene rings is 3. The van der Waals surface area contributed by atoms with Crippen LogP contribution in [0.25, 0.3) is 11.1 Å². The van der Waals surface area contributed by atoms with Crippen molar-refractivity contribution >= 4 is 11.9 Å². The number of halogens is 6. The van der Waals surface area contributed by atoms with Gasteiger partial charge in [-0.3, -0.25) is 0 Å². The van der Waals surface area contributed by atoms with Crippen LogP contribution in [0.15, 0.2) is 60.9 Å². The number of carbonyl (C=O) groups excluding carboxylic acids is 1. The van der Waals surface area contributed by atoms with Crippen LogP contribution in [0.3, 0.4) is 0 Å². The zero-order chi connectivity index (χ0) is 38.9. The Hall–Kier alpha value is -4.21. The Kier molecular flexibility index (Phi) is 15.9. The fraction of sp³-hybridized carbons (Fsp3) is 0.395. The van der Waals surface area contributed by atoms with Crippen LogP contribution in [0.1, 0.15) is 74.3 Å². The van der Waals surface area contributed by atoms with Gasteiger partial charge in [0, 0.05) is 24.6 Å². The van der Waals surface area contributed by atoms with Crippen LogP contribution < -0.4 is 58.5 Å². The second-order valence-electron chi connectivity index (χ2n) is 12.2. The molecule has 1 heterocycles. The molecule has 1 aromatic heterocycles. The van der Waals surface area contributed by atoms with Crippen molar-refractivity contribution in [2.24, 2.45) is 0 Å². The number of carboxylic acid groups (broad SMARTS) is 1. The fourth-order valence-electron chi connectivity index (χ4n) is 5.50. The van der Waals surface area contributed by atoms with Crippen molar-refractivity contribution in [2.75, 3.05) is 31.8 Å². The van der Waals surface area contributed by atoms with Crippen LogP contribution in [-0.2, 0) is 30.2 Å². The Bertz CT molecular complexity index is 1820. The minimum Gasteiger partial charge on any atom is -0.550 e. The van der Waals surface area contributed by atoms with E-state index in [-0.39, 0.29) is 91.4 Å². The minimum absolute atomic E-state index is 0. The maximum Gasteiger partial charge on any atom is 1.00 e. The summed E-state index contributed by atoms with van der Waals surface area (Å²) in [5, 5.41) is 10.7. The van der Waals surface area contributed by atoms with E-state index >= 15 is 0 Å². The van der Waals surface area contributed by atoms with Gasteiger partial charge in [0.25, 0.3) is 0 Å². The van der Waals surface area contributed by atoms with E-state index in [0.717, 1.165) is 5.56 Å². The van der Waals surface area contributed by atoms with E-state index in [2.05, 4.69) is 9.97 Å². The quantitative estimate of drug-likeness (QED) is 0.0811. The first kappa shape index (κ1) is 44.2. The summed E-state index contributed by atoms with van der Waals surface area (Å²) in [6.07, 6.45) is -7.64. The van der Waals surface area contributed by atoms with Gasteiger partial charge >= 0.3 is 41.9 Å². The van der Waals surface area contributed by atoms with E-state index in [1.165, 1.54) is 24.4 Å². The Balaban J connectivity index is 0.00000784. The molecule has 286 valence electrons. The molecule has 0 saturated heterocycles. The first-order valence-electron chi connectivity index (χ1n) is 16.8. The molecule has 0 saturated carbocycles. The van der Waals surface area contributed by atoms with Gasteiger partial charge in [-0.05, 0) is 97.3 Å². The Labute approximate surface area is 331 Å². The van der Waals surface area contributed by atoms with Crippen molar-refractivity contribution in [1.29, 1.82) is 0 Å². The van der Waals surface area contributed by atoms with E-state index in [9.17, 15) is 36.2 Å². The van der Waals surface area contributed by atoms with Crippen molar-refractivity contribution in [1.82, 2.24) is 9.97 Å². The van der Waals surface area contributed by atoms with Crippen LogP contribution in [0.5, 0.6) is 23.0 Å². The average Bonchev–Trinajstić information content (AvgIpc) is 3.10. The first-order valence-corrected chi connectivity index (χ1v) is 16.8. The van der Waals surface area contributed by atoms with Gasteiger partial charge < -0.3 is 33.7 Å². The molecule has 3 aromatic carbocycles. The predicted octanol–water partition coefficient (Wildman–Crippen LogP) is 5.23. The minimum atomic E-state index is -5.06. The number of alkyl halides is 6. The van der Waals surface area contributed by atoms with E-state index in [1.54, 1.807) is 19.1 Å². The molecule has 4 rings (SSSR count). The van der Waals surface area contributed by atoms with Crippen molar-refractivity contribution < 1.29 is 84.7 Å². The molecule has 0 atom stereocenters. The third-order valence-electron chi connectivity index (χ3n) is 8.02. The Morgan fingerprint density at radius 2 is 1.39 bits per heavy atom. The SMILES string of the molecule is CCOc1cc(CN(Cc2cc(C(F)(F)F)cc(C(F)(F)F)c2)c2ncc(OCCCC(=O)[O-])cn2)c(-c2cc(C(C)C)ccc2OC)cc1OCC.[Na+]. The second kappa shape index (κ2) is 19.4. The Morgan fingerprint density at radius 1 is 0.796 bits per heavy atom. The number of carbonyl (C=O) groups is 1. The maximum absolute atomic E-state index is 13.9. The van der Waals surface area contributed by atoms with Gasteiger partial charge in [-0.2, -0.15) is 26.3 Å². The van der Waals surface area contributed by atoms with Gasteiger partial charge in [0.05, 0.1) is 50.5 Å². The number of ether oxygens (including phenoxy) is 4. The zero-order valence-corrected chi connectivity index (χ0v) is 32.9. The monoisotopic (exact) mass is 771 g/mol. The van der Waals surface area contributed by atoms with Gasteiger partial charge in [-0.15, -0.1) is 0 Å². The maximum atomic E-state index is 13.9. The first-order chi connectivity index (χ1) is 25.0. The molecule has 0 unspecified atom stereocenters. The summed E-state index contributed by atoms with van der Waals surface area (Å²) in [7, 11) is 1.51. The molecule has 4 aromatic rings. The number of hydrogen-bond donors (Lipinski definition) is 0. The molecule has 0 aliphatic rings. The molecule has 0 aliphatic heterocycles. The van der Waals surface area contributed by atoms with Crippen LogP contribution in [0, 0.1) is 0 Å². The molecular weight excluding hydrogens is 731 g/mol. The second-order valence-corrected chi connectivity index (χ2v) is 12.2. The molecular formula is C38H40F6N3NaO6. The summed E-state index contributed by atoms with van der Waals surface area (Å²) in [6, 6.07) is 10.6. The molecule has 16 heteroatoms. The summed E-state index contributed by atoms with van der Waals surface area (Å²) in [6.45, 7) is 7.63. The van der Waals surface area contributed by atoms with Gasteiger partial charge in [-0.25, -0.2) is 9.97 Å². The molecule has 0 radical (unpaired) electrons. The Morgan fingerprint density at radius 3 is 1.91 bits per heavy atom. The van der Waals surface area contributed by atoms with Crippen LogP contribution in [0.2, 0.25) is 0 Å². The number of nitrogens with zero attached hydrogens (tertiary/aromatic N) is 3. The van der Waals surface area contributed by atoms with Gasteiger partial charge in [-0.1, -0.05) is 19.9 Å². The van der Waals surface area contributed by atoms with E-state index in [4.69, 9.17) is 18.9 Å². The summed E-state index contributed by atoms with van der Waals surface area (Å²) in [5.41, 5.74) is -0.414. The third kappa shape index (κ3) is 11.9. The fourth-order valence-corrected chi connectivity index (χ4v) is 5.50. The molecule has 0 N–H and O–H groups in total. The molecule has 9 nitrogen and oxygen atoms in total. The van der Waals surface area contributed by atoms with Crippen LogP contribution in [-0.4, -0.2) is 42.9 Å². The summed E-state index contributed by atoms with van der Waals surface area (Å²) in [4.78, 5) is 20.9. The van der Waals surface area contributed by atoms with E-state index in [1.807, 2.05) is 39.0 Å². The third-order valence-corrected chi connectivity index (χ3v) is 8.02. The number of hydrogen-bond acceptors (Lipinski definition) is 9. The number of rotatable bonds is 17. The van der Waals surface area contributed by atoms with Crippen molar-refractivity contribution in [3.63, 3.8) is 0 Å². The smallest absolute Gasteiger partial charge is 0.550 e. The molecule has 0 fully saturated rings. The van der Waals surface area contributed by atoms with Crippen molar-refractivity contribution in [2.45, 2.75) is 71.9 Å². The number of carboxylic acids is 1. The summed E-state index contributed by atoms with van der Waals surface area (Å²) >= 11 is 0. The van der Waals surface area contributed by atoms with Gasteiger partial charge in [0.15, 0.2) is 17.2 Å². The topological polar surface area (TPSA) is 106 Å². The van der Waals surface area contributed by atoms with Crippen molar-refractivity contribution in [3.8, 4) is 34.1 Å². The number of anilines is 1. The zero-order valence-electron chi connectivity index (χ0n) is 30.9. The number of aliphatic carboxylic acids is 1. The largest absolute Gasteiger partial charge is 1.00 e. The normalized spacial score (nSPS) is 11.6.